The van der Waals surface area contributed by atoms with Gasteiger partial charge in [0.25, 0.3) is 11.8 Å². The van der Waals surface area contributed by atoms with E-state index < -0.39 is 17.6 Å². The number of amides is 2. The van der Waals surface area contributed by atoms with Crippen molar-refractivity contribution in [3.8, 4) is 11.5 Å². The zero-order chi connectivity index (χ0) is 25.2. The number of rotatable bonds is 5. The molecule has 3 aromatic rings. The molecule has 1 aliphatic heterocycles. The number of halogens is 3. The molecule has 0 unspecified atom stereocenters. The average molecular weight is 482 g/mol. The van der Waals surface area contributed by atoms with Crippen molar-refractivity contribution in [2.24, 2.45) is 0 Å². The van der Waals surface area contributed by atoms with E-state index in [1.165, 1.54) is 29.2 Å². The first-order valence-electron chi connectivity index (χ1n) is 10.6. The van der Waals surface area contributed by atoms with Crippen LogP contribution < -0.4 is 19.7 Å². The fourth-order valence-electron chi connectivity index (χ4n) is 3.53. The van der Waals surface area contributed by atoms with E-state index >= 15 is 0 Å². The van der Waals surface area contributed by atoms with Crippen LogP contribution in [-0.4, -0.2) is 26.0 Å². The molecule has 0 atom stereocenters. The molecule has 6 nitrogen and oxygen atoms in total. The quantitative estimate of drug-likeness (QED) is 0.518. The fourth-order valence-corrected chi connectivity index (χ4v) is 3.53. The summed E-state index contributed by atoms with van der Waals surface area (Å²) in [4.78, 5) is 26.8. The number of carbonyl (C=O) groups is 2. The van der Waals surface area contributed by atoms with E-state index in [-0.39, 0.29) is 24.0 Å². The number of likely N-dealkylation sites (N-methyl/N-ethyl adjacent to an activating group) is 1. The lowest BCUT2D eigenvalue weighted by atomic mass is 10.1. The second kappa shape index (κ2) is 9.54. The van der Waals surface area contributed by atoms with Crippen LogP contribution in [0.15, 0.2) is 72.5 Å². The highest BCUT2D eigenvalue weighted by atomic mass is 19.4. The maximum atomic E-state index is 12.8. The van der Waals surface area contributed by atoms with Gasteiger partial charge in [0.05, 0.1) is 18.4 Å². The maximum absolute atomic E-state index is 12.8. The highest BCUT2D eigenvalue weighted by molar-refractivity contribution is 6.10. The molecule has 1 N–H and O–H groups in total. The molecule has 0 radical (unpaired) electrons. The molecule has 2 amide bonds. The van der Waals surface area contributed by atoms with Crippen LogP contribution in [0.5, 0.6) is 11.5 Å². The first-order chi connectivity index (χ1) is 16.7. The Morgan fingerprint density at radius 3 is 2.51 bits per heavy atom. The van der Waals surface area contributed by atoms with E-state index in [0.717, 1.165) is 17.7 Å². The van der Waals surface area contributed by atoms with Gasteiger partial charge in [0, 0.05) is 19.2 Å². The first-order valence-corrected chi connectivity index (χ1v) is 10.6. The number of alkyl halides is 3. The largest absolute Gasteiger partial charge is 0.497 e. The summed E-state index contributed by atoms with van der Waals surface area (Å²) in [5.41, 5.74) is 1.22. The van der Waals surface area contributed by atoms with Gasteiger partial charge >= 0.3 is 6.18 Å². The molecule has 180 valence electrons. The predicted molar refractivity (Wildman–Crippen MR) is 124 cm³/mol. The van der Waals surface area contributed by atoms with Gasteiger partial charge in [0.15, 0.2) is 11.5 Å². The topological polar surface area (TPSA) is 67.9 Å². The fraction of sp³-hybridized carbons (Fsp3) is 0.154. The molecule has 0 saturated heterocycles. The molecule has 0 bridgehead atoms. The summed E-state index contributed by atoms with van der Waals surface area (Å²) < 4.78 is 49.4. The van der Waals surface area contributed by atoms with Crippen LogP contribution in [-0.2, 0) is 17.5 Å². The van der Waals surface area contributed by atoms with Crippen molar-refractivity contribution in [3.05, 3.63) is 94.7 Å². The number of hydrogen-bond acceptors (Lipinski definition) is 4. The van der Waals surface area contributed by atoms with Gasteiger partial charge in [-0.3, -0.25) is 9.59 Å². The van der Waals surface area contributed by atoms with Crippen LogP contribution in [0.25, 0.3) is 6.08 Å². The average Bonchev–Trinajstić information content (AvgIpc) is 2.85. The number of carbonyl (C=O) groups excluding carboxylic acids is 2. The third-order valence-electron chi connectivity index (χ3n) is 5.44. The molecular formula is C26H21F3N2O4. The number of anilines is 1. The minimum absolute atomic E-state index is 0.0753. The second-order valence-corrected chi connectivity index (χ2v) is 7.81. The van der Waals surface area contributed by atoms with Crippen molar-refractivity contribution in [3.63, 3.8) is 0 Å². The van der Waals surface area contributed by atoms with Crippen LogP contribution in [0.3, 0.4) is 0 Å². The lowest BCUT2D eigenvalue weighted by Gasteiger charge is -2.27. The molecule has 3 aromatic carbocycles. The van der Waals surface area contributed by atoms with Gasteiger partial charge in [-0.25, -0.2) is 0 Å². The van der Waals surface area contributed by atoms with Crippen molar-refractivity contribution in [1.82, 2.24) is 5.32 Å². The smallest absolute Gasteiger partial charge is 0.416 e. The summed E-state index contributed by atoms with van der Waals surface area (Å²) in [6, 6.07) is 16.4. The molecule has 9 heteroatoms. The van der Waals surface area contributed by atoms with Crippen molar-refractivity contribution in [1.29, 1.82) is 0 Å². The summed E-state index contributed by atoms with van der Waals surface area (Å²) in [5.74, 6) is 0.0756. The monoisotopic (exact) mass is 482 g/mol. The van der Waals surface area contributed by atoms with Crippen LogP contribution in [0, 0.1) is 0 Å². The highest BCUT2D eigenvalue weighted by Gasteiger charge is 2.31. The molecule has 0 spiro atoms. The molecular weight excluding hydrogens is 461 g/mol. The summed E-state index contributed by atoms with van der Waals surface area (Å²) in [6.07, 6.45) is -3.09. The minimum atomic E-state index is -4.45. The highest BCUT2D eigenvalue weighted by Crippen LogP contribution is 2.36. The maximum Gasteiger partial charge on any atom is 0.416 e. The van der Waals surface area contributed by atoms with Crippen LogP contribution >= 0.6 is 0 Å². The van der Waals surface area contributed by atoms with E-state index in [4.69, 9.17) is 9.47 Å². The Labute approximate surface area is 199 Å². The minimum Gasteiger partial charge on any atom is -0.497 e. The Balaban J connectivity index is 1.53. The summed E-state index contributed by atoms with van der Waals surface area (Å²) in [5, 5.41) is 2.82. The van der Waals surface area contributed by atoms with Gasteiger partial charge < -0.3 is 19.7 Å². The van der Waals surface area contributed by atoms with Crippen LogP contribution in [0.4, 0.5) is 18.9 Å². The Bertz CT molecular complexity index is 1300. The van der Waals surface area contributed by atoms with E-state index in [0.29, 0.717) is 22.6 Å². The van der Waals surface area contributed by atoms with Crippen molar-refractivity contribution >= 4 is 23.6 Å². The van der Waals surface area contributed by atoms with E-state index in [2.05, 4.69) is 5.32 Å². The Hall–Kier alpha value is -4.27. The zero-order valence-electron chi connectivity index (χ0n) is 18.8. The molecule has 35 heavy (non-hydrogen) atoms. The number of methoxy groups -OCH3 is 1. The molecule has 1 heterocycles. The van der Waals surface area contributed by atoms with E-state index in [9.17, 15) is 22.8 Å². The molecule has 0 aromatic heterocycles. The van der Waals surface area contributed by atoms with Gasteiger partial charge in [-0.05, 0) is 59.7 Å². The molecule has 4 rings (SSSR count). The SMILES string of the molecule is COc1cccc(CNC(=O)c2ccc3c(c2)O/C(=C\c2ccc(C(F)(F)F)cc2)C(=O)N3C)c1. The van der Waals surface area contributed by atoms with Gasteiger partial charge in [0.2, 0.25) is 0 Å². The van der Waals surface area contributed by atoms with Gasteiger partial charge in [-0.2, -0.15) is 13.2 Å². The number of fused-ring (bicyclic) bond motifs is 1. The second-order valence-electron chi connectivity index (χ2n) is 7.81. The lowest BCUT2D eigenvalue weighted by Crippen LogP contribution is -2.34. The number of hydrogen-bond donors (Lipinski definition) is 1. The van der Waals surface area contributed by atoms with Crippen molar-refractivity contribution < 1.29 is 32.2 Å². The Kier molecular flexibility index (Phi) is 6.50. The third kappa shape index (κ3) is 5.29. The Morgan fingerprint density at radius 1 is 1.09 bits per heavy atom. The number of benzene rings is 3. The number of nitrogens with one attached hydrogen (secondary N) is 1. The predicted octanol–water partition coefficient (Wildman–Crippen LogP) is 5.04. The summed E-state index contributed by atoms with van der Waals surface area (Å²) in [7, 11) is 3.11. The lowest BCUT2D eigenvalue weighted by molar-refractivity contribution is -0.137. The molecule has 0 saturated carbocycles. The molecule has 0 fully saturated rings. The van der Waals surface area contributed by atoms with E-state index in [1.807, 2.05) is 18.2 Å². The van der Waals surface area contributed by atoms with Gasteiger partial charge in [0.1, 0.15) is 5.75 Å². The molecule has 0 aliphatic carbocycles. The summed E-state index contributed by atoms with van der Waals surface area (Å²) >= 11 is 0. The first kappa shape index (κ1) is 23.9. The van der Waals surface area contributed by atoms with Gasteiger partial charge in [-0.15, -0.1) is 0 Å². The van der Waals surface area contributed by atoms with Crippen molar-refractivity contribution in [2.45, 2.75) is 12.7 Å². The number of nitrogens with zero attached hydrogens (tertiary/aromatic N) is 1. The van der Waals surface area contributed by atoms with Crippen LogP contribution in [0.2, 0.25) is 0 Å². The number of ether oxygens (including phenoxy) is 2. The standard InChI is InChI=1S/C26H21F3N2O4/c1-31-21-11-8-18(24(32)30-15-17-4-3-5-20(12-17)34-2)14-22(21)35-23(25(31)33)13-16-6-9-19(10-7-16)26(27,28)29/h3-14H,15H2,1-2H3,(H,30,32)/b23-13-. The summed E-state index contributed by atoms with van der Waals surface area (Å²) in [6.45, 7) is 0.283. The molecule has 1 aliphatic rings. The van der Waals surface area contributed by atoms with Crippen LogP contribution in [0.1, 0.15) is 27.0 Å². The third-order valence-corrected chi connectivity index (χ3v) is 5.44. The zero-order valence-corrected chi connectivity index (χ0v) is 18.8. The Morgan fingerprint density at radius 2 is 1.83 bits per heavy atom. The van der Waals surface area contributed by atoms with Crippen molar-refractivity contribution in [2.75, 3.05) is 19.1 Å². The normalized spacial score (nSPS) is 14.4. The van der Waals surface area contributed by atoms with E-state index in [1.54, 1.807) is 32.4 Å². The van der Waals surface area contributed by atoms with Gasteiger partial charge in [-0.1, -0.05) is 24.3 Å².